The van der Waals surface area contributed by atoms with Crippen LogP contribution in [0.4, 0.5) is 4.79 Å². The topological polar surface area (TPSA) is 147 Å². The third-order valence-corrected chi connectivity index (χ3v) is 9.30. The maximum Gasteiger partial charge on any atom is 0.410 e. The van der Waals surface area contributed by atoms with Crippen molar-refractivity contribution in [3.05, 3.63) is 36.0 Å². The smallest absolute Gasteiger partial charge is 0.410 e. The van der Waals surface area contributed by atoms with E-state index in [-0.39, 0.29) is 55.3 Å². The van der Waals surface area contributed by atoms with Gasteiger partial charge in [0.25, 0.3) is 0 Å². The lowest BCUT2D eigenvalue weighted by Crippen LogP contribution is -2.51. The number of amides is 1. The highest BCUT2D eigenvalue weighted by molar-refractivity contribution is 5.71. The minimum Gasteiger partial charge on any atom is -0.457 e. The molecular weight excluding hydrogens is 592 g/mol. The van der Waals surface area contributed by atoms with Gasteiger partial charge in [0, 0.05) is 44.9 Å². The molecule has 11 nitrogen and oxygen atoms in total. The van der Waals surface area contributed by atoms with E-state index in [1.807, 2.05) is 45.9 Å². The lowest BCUT2D eigenvalue weighted by Gasteiger charge is -2.37. The molecule has 46 heavy (non-hydrogen) atoms. The first-order valence-corrected chi connectivity index (χ1v) is 16.8. The molecule has 3 rings (SSSR count). The number of nitrogens with one attached hydrogen (secondary N) is 1. The molecule has 11 heteroatoms. The molecule has 3 aliphatic rings. The highest BCUT2D eigenvalue weighted by Gasteiger charge is 2.45. The Morgan fingerprint density at radius 1 is 1.22 bits per heavy atom. The van der Waals surface area contributed by atoms with Gasteiger partial charge in [-0.15, -0.1) is 0 Å². The number of rotatable bonds is 10. The van der Waals surface area contributed by atoms with Crippen LogP contribution in [0.5, 0.6) is 0 Å². The van der Waals surface area contributed by atoms with Gasteiger partial charge >= 0.3 is 18.0 Å². The summed E-state index contributed by atoms with van der Waals surface area (Å²) in [4.78, 5) is 39.9. The third kappa shape index (κ3) is 11.2. The normalized spacial score (nSPS) is 34.0. The molecule has 0 aromatic heterocycles. The first-order valence-electron chi connectivity index (χ1n) is 16.8. The van der Waals surface area contributed by atoms with E-state index in [0.717, 1.165) is 12.0 Å². The second kappa shape index (κ2) is 17.4. The minimum absolute atomic E-state index is 0.0874. The van der Waals surface area contributed by atoms with Gasteiger partial charge in [0.1, 0.15) is 11.7 Å². The highest BCUT2D eigenvalue weighted by atomic mass is 16.6. The molecule has 0 aliphatic carbocycles. The van der Waals surface area contributed by atoms with Crippen molar-refractivity contribution in [3.63, 3.8) is 0 Å². The summed E-state index contributed by atoms with van der Waals surface area (Å²) in [5.41, 5.74) is -0.468. The Morgan fingerprint density at radius 2 is 1.91 bits per heavy atom. The molecule has 0 unspecified atom stereocenters. The molecule has 0 saturated carbocycles. The predicted octanol–water partition coefficient (Wildman–Crippen LogP) is 4.07. The third-order valence-electron chi connectivity index (χ3n) is 9.30. The second-order valence-electron chi connectivity index (χ2n) is 13.5. The monoisotopic (exact) mass is 648 g/mol. The van der Waals surface area contributed by atoms with E-state index < -0.39 is 41.9 Å². The van der Waals surface area contributed by atoms with Crippen LogP contribution in [0.1, 0.15) is 80.6 Å². The minimum atomic E-state index is -1.27. The van der Waals surface area contributed by atoms with E-state index in [1.54, 1.807) is 17.9 Å². The summed E-state index contributed by atoms with van der Waals surface area (Å²) in [6.45, 7) is 15.2. The van der Waals surface area contributed by atoms with Crippen molar-refractivity contribution in [1.29, 1.82) is 0 Å². The van der Waals surface area contributed by atoms with Crippen molar-refractivity contribution in [3.8, 4) is 0 Å². The SMILES string of the molecule is CC[C@@H](O)[C@@H](C)[C@H]1O[C@@H]1C[C@@H](C)/C=C/C=C(\C)[C@H]1OC(=O)C[C@@H](O)CC[C@](C)(OC(C)=O)[C@@H](OC(=O)N2CCNCC2)/C=C/[C@@H]1C. The Balaban J connectivity index is 1.79. The molecule has 3 aliphatic heterocycles. The van der Waals surface area contributed by atoms with Crippen molar-refractivity contribution in [2.75, 3.05) is 26.2 Å². The number of hydrogen-bond acceptors (Lipinski definition) is 10. The Morgan fingerprint density at radius 3 is 2.57 bits per heavy atom. The number of nitrogens with zero attached hydrogens (tertiary/aromatic N) is 1. The van der Waals surface area contributed by atoms with Crippen molar-refractivity contribution in [1.82, 2.24) is 10.2 Å². The molecule has 10 atom stereocenters. The van der Waals surface area contributed by atoms with Crippen LogP contribution in [-0.4, -0.2) is 102 Å². The van der Waals surface area contributed by atoms with Crippen LogP contribution in [0.15, 0.2) is 36.0 Å². The zero-order valence-electron chi connectivity index (χ0n) is 28.6. The Hall–Kier alpha value is -2.73. The standard InChI is InChI=1S/C35H56N2O9/c1-8-28(40)25(5)33-29(43-33)20-22(2)10-9-11-23(3)32-24(4)12-13-30(44-34(42)37-18-16-36-17-19-37)35(7,46-26(6)38)15-14-27(39)21-31(41)45-32/h9-13,22,24-25,27-30,32-33,36,39-40H,8,14-21H2,1-7H3/b10-9+,13-12+,23-11+/t22-,24-,25+,27-,28+,29+,30-,32+,33+,35-/m0/s1. The fraction of sp³-hybridized carbons (Fsp3) is 0.743. The van der Waals surface area contributed by atoms with Crippen molar-refractivity contribution < 1.29 is 43.5 Å². The summed E-state index contributed by atoms with van der Waals surface area (Å²) in [6, 6.07) is 0. The Labute approximate surface area is 274 Å². The van der Waals surface area contributed by atoms with Gasteiger partial charge in [0.2, 0.25) is 0 Å². The van der Waals surface area contributed by atoms with E-state index >= 15 is 0 Å². The van der Waals surface area contributed by atoms with Gasteiger partial charge in [-0.2, -0.15) is 0 Å². The summed E-state index contributed by atoms with van der Waals surface area (Å²) < 4.78 is 23.5. The van der Waals surface area contributed by atoms with Crippen molar-refractivity contribution in [2.24, 2.45) is 17.8 Å². The first kappa shape index (κ1) is 37.7. The van der Waals surface area contributed by atoms with E-state index in [2.05, 4.69) is 18.3 Å². The Kier molecular flexibility index (Phi) is 14.3. The predicted molar refractivity (Wildman–Crippen MR) is 174 cm³/mol. The number of carbonyl (C=O) groups excluding carboxylic acids is 3. The summed E-state index contributed by atoms with van der Waals surface area (Å²) >= 11 is 0. The molecule has 1 amide bonds. The molecule has 0 radical (unpaired) electrons. The second-order valence-corrected chi connectivity index (χ2v) is 13.5. The number of ether oxygens (including phenoxy) is 4. The summed E-state index contributed by atoms with van der Waals surface area (Å²) in [6.07, 6.45) is 7.84. The number of aliphatic hydroxyl groups is 2. The number of allylic oxidation sites excluding steroid dienone is 3. The van der Waals surface area contributed by atoms with Gasteiger partial charge in [-0.3, -0.25) is 9.59 Å². The fourth-order valence-corrected chi connectivity index (χ4v) is 6.24. The van der Waals surface area contributed by atoms with Crippen LogP contribution >= 0.6 is 0 Å². The first-order chi connectivity index (χ1) is 21.7. The molecule has 0 aromatic carbocycles. The van der Waals surface area contributed by atoms with Gasteiger partial charge in [-0.25, -0.2) is 4.79 Å². The number of carbonyl (C=O) groups is 3. The number of piperazine rings is 1. The zero-order chi connectivity index (χ0) is 34.0. The summed E-state index contributed by atoms with van der Waals surface area (Å²) in [7, 11) is 0. The van der Waals surface area contributed by atoms with E-state index in [9.17, 15) is 24.6 Å². The van der Waals surface area contributed by atoms with Gasteiger partial charge in [0.15, 0.2) is 6.10 Å². The van der Waals surface area contributed by atoms with Crippen LogP contribution in [-0.2, 0) is 28.5 Å². The quantitative estimate of drug-likeness (QED) is 0.104. The van der Waals surface area contributed by atoms with Crippen molar-refractivity contribution >= 4 is 18.0 Å². The van der Waals surface area contributed by atoms with Crippen molar-refractivity contribution in [2.45, 2.75) is 123 Å². The van der Waals surface area contributed by atoms with E-state index in [1.165, 1.54) is 6.92 Å². The molecule has 3 N–H and O–H groups in total. The molecule has 0 bridgehead atoms. The van der Waals surface area contributed by atoms with Crippen LogP contribution < -0.4 is 5.32 Å². The lowest BCUT2D eigenvalue weighted by molar-refractivity contribution is -0.168. The van der Waals surface area contributed by atoms with E-state index in [0.29, 0.717) is 32.6 Å². The summed E-state index contributed by atoms with van der Waals surface area (Å²) in [5.74, 6) is -1.06. The maximum atomic E-state index is 13.2. The van der Waals surface area contributed by atoms with Crippen LogP contribution in [0.2, 0.25) is 0 Å². The van der Waals surface area contributed by atoms with Gasteiger partial charge in [-0.1, -0.05) is 52.0 Å². The van der Waals surface area contributed by atoms with Crippen LogP contribution in [0.25, 0.3) is 0 Å². The molecule has 0 aromatic rings. The van der Waals surface area contributed by atoms with Gasteiger partial charge in [0.05, 0.1) is 30.8 Å². The molecule has 2 saturated heterocycles. The molecule has 3 heterocycles. The highest BCUT2D eigenvalue weighted by Crippen LogP contribution is 2.36. The Bertz CT molecular complexity index is 1120. The van der Waals surface area contributed by atoms with Gasteiger partial charge < -0.3 is 39.4 Å². The average Bonchev–Trinajstić information content (AvgIpc) is 3.77. The number of hydrogen-bond donors (Lipinski definition) is 3. The average molecular weight is 649 g/mol. The van der Waals surface area contributed by atoms with E-state index in [4.69, 9.17) is 18.9 Å². The fourth-order valence-electron chi connectivity index (χ4n) is 6.24. The number of esters is 2. The number of aliphatic hydroxyl groups excluding tert-OH is 2. The molecule has 2 fully saturated rings. The van der Waals surface area contributed by atoms with Gasteiger partial charge in [-0.05, 0) is 57.1 Å². The molecular formula is C35H56N2O9. The lowest BCUT2D eigenvalue weighted by atomic mass is 9.88. The molecule has 0 spiro atoms. The number of cyclic esters (lactones) is 1. The zero-order valence-corrected chi connectivity index (χ0v) is 28.6. The largest absolute Gasteiger partial charge is 0.457 e. The van der Waals surface area contributed by atoms with Crippen LogP contribution in [0, 0.1) is 17.8 Å². The molecule has 260 valence electrons. The number of epoxide rings is 1. The maximum absolute atomic E-state index is 13.2. The summed E-state index contributed by atoms with van der Waals surface area (Å²) in [5, 5.41) is 24.1. The van der Waals surface area contributed by atoms with Crippen LogP contribution in [0.3, 0.4) is 0 Å².